The summed E-state index contributed by atoms with van der Waals surface area (Å²) in [6.45, 7) is 0.774. The highest BCUT2D eigenvalue weighted by atomic mass is 16.5. The minimum absolute atomic E-state index is 0.00833. The molecule has 0 unspecified atom stereocenters. The molecule has 0 aromatic rings. The molecule has 1 N–H and O–H groups in total. The van der Waals surface area contributed by atoms with Crippen LogP contribution >= 0.6 is 0 Å². The molecule has 2 aliphatic rings. The van der Waals surface area contributed by atoms with Crippen LogP contribution < -0.4 is 5.32 Å². The second-order valence-corrected chi connectivity index (χ2v) is 3.67. The Balaban J connectivity index is 1.78. The minimum atomic E-state index is -0.190. The summed E-state index contributed by atoms with van der Waals surface area (Å²) in [5, 5.41) is 3.37. The Bertz CT molecular complexity index is 207. The van der Waals surface area contributed by atoms with Crippen molar-refractivity contribution < 1.29 is 14.3 Å². The highest BCUT2D eigenvalue weighted by molar-refractivity contribution is 5.69. The Morgan fingerprint density at radius 2 is 2.46 bits per heavy atom. The van der Waals surface area contributed by atoms with Gasteiger partial charge in [-0.3, -0.25) is 4.79 Å². The number of morpholine rings is 1. The monoisotopic (exact) mass is 185 g/mol. The molecule has 2 fully saturated rings. The summed E-state index contributed by atoms with van der Waals surface area (Å²) >= 11 is 0. The Hall–Kier alpha value is -0.610. The van der Waals surface area contributed by atoms with Crippen molar-refractivity contribution in [1.29, 1.82) is 0 Å². The van der Waals surface area contributed by atoms with Gasteiger partial charge in [-0.15, -0.1) is 0 Å². The molecule has 1 saturated carbocycles. The van der Waals surface area contributed by atoms with E-state index in [2.05, 4.69) is 10.1 Å². The molecule has 0 bridgehead atoms. The van der Waals surface area contributed by atoms with Crippen LogP contribution in [0.25, 0.3) is 0 Å². The topological polar surface area (TPSA) is 47.6 Å². The highest BCUT2D eigenvalue weighted by Gasteiger charge is 2.37. The fraction of sp³-hybridized carbons (Fsp3) is 0.889. The van der Waals surface area contributed by atoms with Crippen LogP contribution in [0.15, 0.2) is 0 Å². The average molecular weight is 185 g/mol. The third-order valence-corrected chi connectivity index (χ3v) is 2.81. The second kappa shape index (κ2) is 3.64. The van der Waals surface area contributed by atoms with E-state index in [-0.39, 0.29) is 12.1 Å². The van der Waals surface area contributed by atoms with Crippen molar-refractivity contribution in [3.63, 3.8) is 0 Å². The highest BCUT2D eigenvalue weighted by Crippen LogP contribution is 2.28. The Morgan fingerprint density at radius 1 is 1.62 bits per heavy atom. The molecule has 4 heteroatoms. The predicted octanol–water partition coefficient (Wildman–Crippen LogP) is 0.0689. The van der Waals surface area contributed by atoms with Gasteiger partial charge in [-0.2, -0.15) is 0 Å². The number of ether oxygens (including phenoxy) is 2. The van der Waals surface area contributed by atoms with Crippen molar-refractivity contribution in [1.82, 2.24) is 5.32 Å². The molecule has 1 aliphatic carbocycles. The molecule has 1 heterocycles. The van der Waals surface area contributed by atoms with Gasteiger partial charge in [-0.05, 0) is 12.8 Å². The van der Waals surface area contributed by atoms with Crippen molar-refractivity contribution >= 4 is 5.97 Å². The van der Waals surface area contributed by atoms with Crippen LogP contribution in [0.4, 0.5) is 0 Å². The molecule has 4 nitrogen and oxygen atoms in total. The standard InChI is InChI=1S/C9H15NO3/c1-12-9(11)4-6-5-10-7-2-3-8(7)13-6/h6-8,10H,2-5H2,1H3/t6-,7+,8-/m1/s1. The van der Waals surface area contributed by atoms with E-state index in [4.69, 9.17) is 4.74 Å². The van der Waals surface area contributed by atoms with Crippen LogP contribution in [0.3, 0.4) is 0 Å². The molecule has 3 atom stereocenters. The van der Waals surface area contributed by atoms with Gasteiger partial charge in [-0.25, -0.2) is 0 Å². The Kier molecular flexibility index (Phi) is 2.51. The molecule has 0 spiro atoms. The molecular weight excluding hydrogens is 170 g/mol. The molecule has 74 valence electrons. The number of fused-ring (bicyclic) bond motifs is 1. The normalized spacial score (nSPS) is 37.5. The molecular formula is C9H15NO3. The van der Waals surface area contributed by atoms with Crippen molar-refractivity contribution in [3.8, 4) is 0 Å². The third kappa shape index (κ3) is 1.84. The number of carbonyl (C=O) groups is 1. The van der Waals surface area contributed by atoms with Gasteiger partial charge in [0.25, 0.3) is 0 Å². The zero-order valence-corrected chi connectivity index (χ0v) is 7.79. The summed E-state index contributed by atoms with van der Waals surface area (Å²) in [6, 6.07) is 0.536. The van der Waals surface area contributed by atoms with E-state index in [0.29, 0.717) is 18.6 Å². The lowest BCUT2D eigenvalue weighted by Crippen LogP contribution is -2.58. The van der Waals surface area contributed by atoms with E-state index in [0.717, 1.165) is 13.0 Å². The lowest BCUT2D eigenvalue weighted by Gasteiger charge is -2.44. The van der Waals surface area contributed by atoms with Crippen LogP contribution in [0, 0.1) is 0 Å². The first-order valence-corrected chi connectivity index (χ1v) is 4.75. The fourth-order valence-electron chi connectivity index (χ4n) is 1.83. The summed E-state index contributed by atoms with van der Waals surface area (Å²) in [7, 11) is 1.41. The zero-order chi connectivity index (χ0) is 9.26. The molecule has 2 rings (SSSR count). The van der Waals surface area contributed by atoms with Gasteiger partial charge < -0.3 is 14.8 Å². The Labute approximate surface area is 77.6 Å². The van der Waals surface area contributed by atoms with E-state index in [1.807, 2.05) is 0 Å². The largest absolute Gasteiger partial charge is 0.469 e. The molecule has 0 radical (unpaired) electrons. The number of hydrogen-bond donors (Lipinski definition) is 1. The van der Waals surface area contributed by atoms with Crippen LogP contribution in [-0.2, 0) is 14.3 Å². The van der Waals surface area contributed by atoms with Gasteiger partial charge in [0.2, 0.25) is 0 Å². The first kappa shape index (κ1) is 8.97. The lowest BCUT2D eigenvalue weighted by molar-refractivity contribution is -0.151. The number of rotatable bonds is 2. The van der Waals surface area contributed by atoms with E-state index in [9.17, 15) is 4.79 Å². The van der Waals surface area contributed by atoms with Gasteiger partial charge in [0, 0.05) is 12.6 Å². The number of hydrogen-bond acceptors (Lipinski definition) is 4. The average Bonchev–Trinajstić information content (AvgIpc) is 2.10. The summed E-state index contributed by atoms with van der Waals surface area (Å²) in [4.78, 5) is 11.0. The van der Waals surface area contributed by atoms with Gasteiger partial charge in [-0.1, -0.05) is 0 Å². The molecule has 13 heavy (non-hydrogen) atoms. The van der Waals surface area contributed by atoms with E-state index in [1.165, 1.54) is 13.5 Å². The quantitative estimate of drug-likeness (QED) is 0.618. The van der Waals surface area contributed by atoms with Gasteiger partial charge in [0.15, 0.2) is 0 Å². The molecule has 1 aliphatic heterocycles. The summed E-state index contributed by atoms with van der Waals surface area (Å²) < 4.78 is 10.3. The van der Waals surface area contributed by atoms with Crippen molar-refractivity contribution in [2.24, 2.45) is 0 Å². The predicted molar refractivity (Wildman–Crippen MR) is 46.3 cm³/mol. The maximum Gasteiger partial charge on any atom is 0.308 e. The van der Waals surface area contributed by atoms with Gasteiger partial charge in [0.1, 0.15) is 0 Å². The van der Waals surface area contributed by atoms with Gasteiger partial charge >= 0.3 is 5.97 Å². The summed E-state index contributed by atoms with van der Waals surface area (Å²) in [5.41, 5.74) is 0. The fourth-order valence-corrected chi connectivity index (χ4v) is 1.83. The first-order chi connectivity index (χ1) is 6.29. The van der Waals surface area contributed by atoms with E-state index < -0.39 is 0 Å². The molecule has 1 saturated heterocycles. The maximum atomic E-state index is 11.0. The summed E-state index contributed by atoms with van der Waals surface area (Å²) in [6.07, 6.45) is 3.04. The summed E-state index contributed by atoms with van der Waals surface area (Å²) in [5.74, 6) is -0.190. The third-order valence-electron chi connectivity index (χ3n) is 2.81. The minimum Gasteiger partial charge on any atom is -0.469 e. The van der Waals surface area contributed by atoms with Crippen molar-refractivity contribution in [2.45, 2.75) is 37.5 Å². The van der Waals surface area contributed by atoms with E-state index >= 15 is 0 Å². The number of methoxy groups -OCH3 is 1. The Morgan fingerprint density at radius 3 is 3.00 bits per heavy atom. The molecule has 0 amide bonds. The number of esters is 1. The second-order valence-electron chi connectivity index (χ2n) is 3.67. The molecule has 0 aromatic heterocycles. The van der Waals surface area contributed by atoms with Crippen LogP contribution in [0.1, 0.15) is 19.3 Å². The van der Waals surface area contributed by atoms with Crippen LogP contribution in [0.2, 0.25) is 0 Å². The first-order valence-electron chi connectivity index (χ1n) is 4.75. The zero-order valence-electron chi connectivity index (χ0n) is 7.79. The van der Waals surface area contributed by atoms with Crippen molar-refractivity contribution in [3.05, 3.63) is 0 Å². The smallest absolute Gasteiger partial charge is 0.308 e. The SMILES string of the molecule is COC(=O)C[C@@H]1CN[C@H]2CC[C@H]2O1. The van der Waals surface area contributed by atoms with Crippen LogP contribution in [0.5, 0.6) is 0 Å². The maximum absolute atomic E-state index is 11.0. The van der Waals surface area contributed by atoms with Gasteiger partial charge in [0.05, 0.1) is 25.7 Å². The van der Waals surface area contributed by atoms with E-state index in [1.54, 1.807) is 0 Å². The number of carbonyl (C=O) groups excluding carboxylic acids is 1. The van der Waals surface area contributed by atoms with Crippen LogP contribution in [-0.4, -0.2) is 37.9 Å². The van der Waals surface area contributed by atoms with Crippen molar-refractivity contribution in [2.75, 3.05) is 13.7 Å². The lowest BCUT2D eigenvalue weighted by atomic mass is 9.87. The number of nitrogens with one attached hydrogen (secondary N) is 1. The molecule has 0 aromatic carbocycles.